The molecule has 0 saturated carbocycles. The largest absolute Gasteiger partial charge is 0.481 e. The lowest BCUT2D eigenvalue weighted by Crippen LogP contribution is -2.51. The zero-order chi connectivity index (χ0) is 18.5. The fourth-order valence-corrected chi connectivity index (χ4v) is 3.57. The minimum Gasteiger partial charge on any atom is -0.481 e. The van der Waals surface area contributed by atoms with Gasteiger partial charge in [0.2, 0.25) is 5.91 Å². The predicted octanol–water partition coefficient (Wildman–Crippen LogP) is 2.20. The summed E-state index contributed by atoms with van der Waals surface area (Å²) in [6.45, 7) is 5.33. The molecule has 0 spiro atoms. The first-order chi connectivity index (χ1) is 12.5. The maximum absolute atomic E-state index is 12.7. The minimum absolute atomic E-state index is 0.0839. The van der Waals surface area contributed by atoms with Gasteiger partial charge in [0.1, 0.15) is 5.75 Å². The van der Waals surface area contributed by atoms with Crippen molar-refractivity contribution in [2.24, 2.45) is 5.92 Å². The minimum atomic E-state index is -0.603. The van der Waals surface area contributed by atoms with Crippen LogP contribution < -0.4 is 4.74 Å². The van der Waals surface area contributed by atoms with Crippen LogP contribution in [0.4, 0.5) is 0 Å². The molecule has 2 atom stereocenters. The molecule has 0 aliphatic carbocycles. The smallest absolute Gasteiger partial charge is 0.263 e. The van der Waals surface area contributed by atoms with E-state index >= 15 is 0 Å². The van der Waals surface area contributed by atoms with E-state index in [9.17, 15) is 9.59 Å². The van der Waals surface area contributed by atoms with Crippen molar-refractivity contribution in [3.63, 3.8) is 0 Å². The van der Waals surface area contributed by atoms with Gasteiger partial charge in [0.25, 0.3) is 5.91 Å². The van der Waals surface area contributed by atoms with E-state index in [-0.39, 0.29) is 17.7 Å². The molecule has 2 aliphatic heterocycles. The third kappa shape index (κ3) is 4.68. The molecule has 26 heavy (non-hydrogen) atoms. The van der Waals surface area contributed by atoms with Crippen molar-refractivity contribution < 1.29 is 19.1 Å². The summed E-state index contributed by atoms with van der Waals surface area (Å²) in [5.74, 6) is 0.526. The van der Waals surface area contributed by atoms with E-state index in [0.717, 1.165) is 12.8 Å². The highest BCUT2D eigenvalue weighted by atomic mass is 35.5. The average Bonchev–Trinajstić information content (AvgIpc) is 2.69. The molecule has 3 rings (SSSR count). The predicted molar refractivity (Wildman–Crippen MR) is 98.2 cm³/mol. The molecule has 6 nitrogen and oxygen atoms in total. The van der Waals surface area contributed by atoms with E-state index in [0.29, 0.717) is 50.2 Å². The van der Waals surface area contributed by atoms with Crippen LogP contribution in [-0.4, -0.2) is 67.1 Å². The van der Waals surface area contributed by atoms with Gasteiger partial charge in [-0.1, -0.05) is 11.6 Å². The van der Waals surface area contributed by atoms with Crippen LogP contribution >= 0.6 is 11.6 Å². The van der Waals surface area contributed by atoms with E-state index in [1.54, 1.807) is 36.1 Å². The maximum atomic E-state index is 12.7. The van der Waals surface area contributed by atoms with Crippen LogP contribution in [0.15, 0.2) is 24.3 Å². The molecule has 2 saturated heterocycles. The molecule has 1 aromatic carbocycles. The van der Waals surface area contributed by atoms with Gasteiger partial charge >= 0.3 is 0 Å². The number of piperidine rings is 1. The molecular weight excluding hydrogens is 356 g/mol. The van der Waals surface area contributed by atoms with Crippen molar-refractivity contribution in [2.75, 3.05) is 39.4 Å². The monoisotopic (exact) mass is 380 g/mol. The zero-order valence-electron chi connectivity index (χ0n) is 15.0. The molecule has 0 N–H and O–H groups in total. The Labute approximate surface area is 159 Å². The fraction of sp³-hybridized carbons (Fsp3) is 0.579. The molecule has 2 aliphatic rings. The summed E-state index contributed by atoms with van der Waals surface area (Å²) >= 11 is 5.87. The number of carbonyl (C=O) groups excluding carboxylic acids is 2. The van der Waals surface area contributed by atoms with Gasteiger partial charge < -0.3 is 19.3 Å². The SMILES string of the molecule is CC(Oc1ccc(Cl)cc1)C(=O)N1CCCC(C(=O)N2CCOCC2)C1. The number of likely N-dealkylation sites (tertiary alicyclic amines) is 1. The van der Waals surface area contributed by atoms with Crippen LogP contribution in [0.3, 0.4) is 0 Å². The summed E-state index contributed by atoms with van der Waals surface area (Å²) < 4.78 is 11.0. The van der Waals surface area contributed by atoms with Gasteiger partial charge in [-0.15, -0.1) is 0 Å². The van der Waals surface area contributed by atoms with E-state index in [1.165, 1.54) is 0 Å². The Bertz CT molecular complexity index is 631. The molecule has 7 heteroatoms. The number of carbonyl (C=O) groups is 2. The average molecular weight is 381 g/mol. The summed E-state index contributed by atoms with van der Waals surface area (Å²) in [6.07, 6.45) is 1.06. The number of hydrogen-bond donors (Lipinski definition) is 0. The Morgan fingerprint density at radius 1 is 1.15 bits per heavy atom. The number of halogens is 1. The maximum Gasteiger partial charge on any atom is 0.263 e. The van der Waals surface area contributed by atoms with Crippen LogP contribution in [-0.2, 0) is 14.3 Å². The van der Waals surface area contributed by atoms with Gasteiger partial charge in [0.15, 0.2) is 6.10 Å². The Balaban J connectivity index is 1.56. The number of ether oxygens (including phenoxy) is 2. The quantitative estimate of drug-likeness (QED) is 0.803. The normalized spacial score (nSPS) is 22.0. The third-order valence-electron chi connectivity index (χ3n) is 4.88. The van der Waals surface area contributed by atoms with Crippen molar-refractivity contribution in [1.29, 1.82) is 0 Å². The molecule has 2 heterocycles. The molecule has 0 bridgehead atoms. The highest BCUT2D eigenvalue weighted by Gasteiger charge is 2.33. The third-order valence-corrected chi connectivity index (χ3v) is 5.13. The summed E-state index contributed by atoms with van der Waals surface area (Å²) in [7, 11) is 0. The standard InChI is InChI=1S/C19H25ClN2O4/c1-14(26-17-6-4-16(20)5-7-17)18(23)22-8-2-3-15(13-22)19(24)21-9-11-25-12-10-21/h4-7,14-15H,2-3,8-13H2,1H3. The lowest BCUT2D eigenvalue weighted by Gasteiger charge is -2.37. The number of benzene rings is 1. The van der Waals surface area contributed by atoms with Crippen molar-refractivity contribution in [3.05, 3.63) is 29.3 Å². The molecule has 0 aromatic heterocycles. The van der Waals surface area contributed by atoms with Crippen LogP contribution in [0.25, 0.3) is 0 Å². The number of amides is 2. The Kier molecular flexibility index (Phi) is 6.38. The summed E-state index contributed by atoms with van der Waals surface area (Å²) in [4.78, 5) is 29.1. The second-order valence-electron chi connectivity index (χ2n) is 6.78. The van der Waals surface area contributed by atoms with E-state index < -0.39 is 6.10 Å². The van der Waals surface area contributed by atoms with E-state index in [2.05, 4.69) is 0 Å². The van der Waals surface area contributed by atoms with Crippen LogP contribution in [0.5, 0.6) is 5.75 Å². The van der Waals surface area contributed by atoms with Gasteiger partial charge in [-0.05, 0) is 44.0 Å². The van der Waals surface area contributed by atoms with Gasteiger partial charge in [-0.3, -0.25) is 9.59 Å². The van der Waals surface area contributed by atoms with Crippen molar-refractivity contribution in [2.45, 2.75) is 25.9 Å². The topological polar surface area (TPSA) is 59.1 Å². The summed E-state index contributed by atoms with van der Waals surface area (Å²) in [5, 5.41) is 0.622. The lowest BCUT2D eigenvalue weighted by atomic mass is 9.96. The number of morpholine rings is 1. The van der Waals surface area contributed by atoms with Crippen molar-refractivity contribution in [3.8, 4) is 5.75 Å². The Morgan fingerprint density at radius 3 is 2.54 bits per heavy atom. The van der Waals surface area contributed by atoms with Crippen molar-refractivity contribution >= 4 is 23.4 Å². The highest BCUT2D eigenvalue weighted by Crippen LogP contribution is 2.22. The van der Waals surface area contributed by atoms with E-state index in [1.807, 2.05) is 4.90 Å². The molecule has 2 unspecified atom stereocenters. The van der Waals surface area contributed by atoms with Gasteiger partial charge in [0.05, 0.1) is 19.1 Å². The van der Waals surface area contributed by atoms with Gasteiger partial charge in [-0.2, -0.15) is 0 Å². The molecule has 2 amide bonds. The number of nitrogens with zero attached hydrogens (tertiary/aromatic N) is 2. The van der Waals surface area contributed by atoms with Crippen molar-refractivity contribution in [1.82, 2.24) is 9.80 Å². The summed E-state index contributed by atoms with van der Waals surface area (Å²) in [5.41, 5.74) is 0. The van der Waals surface area contributed by atoms with Gasteiger partial charge in [-0.25, -0.2) is 0 Å². The Hall–Kier alpha value is -1.79. The zero-order valence-corrected chi connectivity index (χ0v) is 15.8. The molecule has 2 fully saturated rings. The molecule has 142 valence electrons. The number of rotatable bonds is 4. The number of hydrogen-bond acceptors (Lipinski definition) is 4. The fourth-order valence-electron chi connectivity index (χ4n) is 3.45. The van der Waals surface area contributed by atoms with E-state index in [4.69, 9.17) is 21.1 Å². The van der Waals surface area contributed by atoms with Crippen LogP contribution in [0.1, 0.15) is 19.8 Å². The van der Waals surface area contributed by atoms with Gasteiger partial charge in [0, 0.05) is 31.2 Å². The lowest BCUT2D eigenvalue weighted by molar-refractivity contribution is -0.146. The van der Waals surface area contributed by atoms with Crippen LogP contribution in [0.2, 0.25) is 5.02 Å². The molecular formula is C19H25ClN2O4. The first-order valence-electron chi connectivity index (χ1n) is 9.12. The summed E-state index contributed by atoms with van der Waals surface area (Å²) in [6, 6.07) is 6.94. The second-order valence-corrected chi connectivity index (χ2v) is 7.21. The second kappa shape index (κ2) is 8.73. The highest BCUT2D eigenvalue weighted by molar-refractivity contribution is 6.30. The first-order valence-corrected chi connectivity index (χ1v) is 9.50. The Morgan fingerprint density at radius 2 is 1.85 bits per heavy atom. The van der Waals surface area contributed by atoms with Crippen LogP contribution in [0, 0.1) is 5.92 Å². The molecule has 1 aromatic rings. The molecule has 0 radical (unpaired) electrons. The first kappa shape index (κ1) is 19.0.